The third-order valence-corrected chi connectivity index (χ3v) is 1.08. The van der Waals surface area contributed by atoms with Gasteiger partial charge in [0.15, 0.2) is 0 Å². The van der Waals surface area contributed by atoms with Gasteiger partial charge in [-0.15, -0.1) is 0 Å². The van der Waals surface area contributed by atoms with Gasteiger partial charge in [-0.2, -0.15) is 0 Å². The normalized spacial score (nSPS) is 20.6. The Kier molecular flexibility index (Phi) is 5.80. The second-order valence-corrected chi connectivity index (χ2v) is 1.67. The molecule has 2 heteroatoms. The van der Waals surface area contributed by atoms with Crippen LogP contribution in [-0.2, 0) is 4.74 Å². The minimum Gasteiger partial charge on any atom is -0.381 e. The Bertz CT molecular complexity index is 23.6. The maximum absolute atomic E-state index is 5.07. The fourth-order valence-corrected chi connectivity index (χ4v) is 0.687. The van der Waals surface area contributed by atoms with E-state index in [2.05, 4.69) is 0 Å². The molecule has 0 saturated carbocycles. The Morgan fingerprint density at radius 3 is 1.57 bits per heavy atom. The van der Waals surface area contributed by atoms with Crippen molar-refractivity contribution in [2.75, 3.05) is 13.2 Å². The van der Waals surface area contributed by atoms with Crippen LogP contribution < -0.4 is 0 Å². The van der Waals surface area contributed by atoms with Crippen molar-refractivity contribution in [3.05, 3.63) is 0 Å². The average Bonchev–Trinajstić information content (AvgIpc) is 1.72. The molecule has 1 heterocycles. The van der Waals surface area contributed by atoms with Gasteiger partial charge in [0, 0.05) is 42.8 Å². The molecule has 0 N–H and O–H groups in total. The molecule has 1 rings (SSSR count). The van der Waals surface area contributed by atoms with Crippen molar-refractivity contribution in [3.63, 3.8) is 0 Å². The maximum atomic E-state index is 5.07. The van der Waals surface area contributed by atoms with Gasteiger partial charge in [0.2, 0.25) is 0 Å². The van der Waals surface area contributed by atoms with Crippen LogP contribution in [0.5, 0.6) is 0 Å². The molecule has 0 aromatic carbocycles. The van der Waals surface area contributed by atoms with E-state index in [9.17, 15) is 0 Å². The van der Waals surface area contributed by atoms with E-state index in [-0.39, 0.29) is 29.6 Å². The predicted octanol–water partition coefficient (Wildman–Crippen LogP) is 0.806. The van der Waals surface area contributed by atoms with Crippen molar-refractivity contribution < 1.29 is 4.74 Å². The molecule has 37 valence electrons. The van der Waals surface area contributed by atoms with Crippen LogP contribution in [0.15, 0.2) is 0 Å². The zero-order valence-electron chi connectivity index (χ0n) is 4.94. The van der Waals surface area contributed by atoms with E-state index in [0.717, 1.165) is 13.2 Å². The van der Waals surface area contributed by atoms with Gasteiger partial charge in [0.05, 0.1) is 0 Å². The molecule has 0 aromatic heterocycles. The molecule has 1 nitrogen and oxygen atoms in total. The quantitative estimate of drug-likeness (QED) is 0.418. The summed E-state index contributed by atoms with van der Waals surface area (Å²) in [5.74, 6) is 0. The fourth-order valence-electron chi connectivity index (χ4n) is 0.687. The summed E-state index contributed by atoms with van der Waals surface area (Å²) in [6, 6.07) is 0. The Morgan fingerprint density at radius 2 is 1.43 bits per heavy atom. The first kappa shape index (κ1) is 7.96. The molecule has 0 atom stereocenters. The van der Waals surface area contributed by atoms with Crippen LogP contribution in [-0.4, -0.2) is 42.8 Å². The van der Waals surface area contributed by atoms with Crippen LogP contribution in [0.2, 0.25) is 0 Å². The molecule has 1 radical (unpaired) electrons. The van der Waals surface area contributed by atoms with Crippen molar-refractivity contribution in [1.29, 1.82) is 0 Å². The molecule has 1 aliphatic heterocycles. The van der Waals surface area contributed by atoms with Gasteiger partial charge < -0.3 is 4.74 Å². The SMILES string of the molecule is C1CCOCC1.[Na]. The number of ether oxygens (including phenoxy) is 1. The molecule has 0 spiro atoms. The molecular formula is C5H10NaO. The van der Waals surface area contributed by atoms with Crippen LogP contribution in [0.25, 0.3) is 0 Å². The summed E-state index contributed by atoms with van der Waals surface area (Å²) in [4.78, 5) is 0. The van der Waals surface area contributed by atoms with Crippen molar-refractivity contribution in [3.8, 4) is 0 Å². The summed E-state index contributed by atoms with van der Waals surface area (Å²) >= 11 is 0. The Balaban J connectivity index is 0.000000360. The first-order valence-electron chi connectivity index (χ1n) is 2.58. The van der Waals surface area contributed by atoms with Gasteiger partial charge in [-0.3, -0.25) is 0 Å². The number of hydrogen-bond acceptors (Lipinski definition) is 1. The summed E-state index contributed by atoms with van der Waals surface area (Å²) in [5, 5.41) is 0. The third-order valence-electron chi connectivity index (χ3n) is 1.08. The van der Waals surface area contributed by atoms with Gasteiger partial charge in [0.25, 0.3) is 0 Å². The Labute approximate surface area is 66.7 Å². The van der Waals surface area contributed by atoms with Crippen LogP contribution in [0, 0.1) is 0 Å². The average molecular weight is 109 g/mol. The molecule has 0 bridgehead atoms. The molecule has 1 saturated heterocycles. The van der Waals surface area contributed by atoms with Crippen LogP contribution in [0.1, 0.15) is 19.3 Å². The first-order valence-corrected chi connectivity index (χ1v) is 2.58. The molecule has 1 fully saturated rings. The van der Waals surface area contributed by atoms with Crippen molar-refractivity contribution in [2.24, 2.45) is 0 Å². The van der Waals surface area contributed by atoms with E-state index < -0.39 is 0 Å². The van der Waals surface area contributed by atoms with Crippen molar-refractivity contribution in [2.45, 2.75) is 19.3 Å². The fraction of sp³-hybridized carbons (Fsp3) is 1.00. The predicted molar refractivity (Wildman–Crippen MR) is 30.4 cm³/mol. The standard InChI is InChI=1S/C5H10O.Na/c1-2-4-6-5-3-1;/h1-5H2;. The monoisotopic (exact) mass is 109 g/mol. The largest absolute Gasteiger partial charge is 0.381 e. The summed E-state index contributed by atoms with van der Waals surface area (Å²) in [7, 11) is 0. The van der Waals surface area contributed by atoms with E-state index in [1.54, 1.807) is 0 Å². The number of rotatable bonds is 0. The molecular weight excluding hydrogens is 99.0 g/mol. The second-order valence-electron chi connectivity index (χ2n) is 1.67. The van der Waals surface area contributed by atoms with Crippen LogP contribution in [0.3, 0.4) is 0 Å². The molecule has 0 aliphatic carbocycles. The smallest absolute Gasteiger partial charge is 0.0466 e. The Hall–Kier alpha value is 0.960. The van der Waals surface area contributed by atoms with Gasteiger partial charge in [-0.1, -0.05) is 0 Å². The molecule has 1 aliphatic rings. The van der Waals surface area contributed by atoms with E-state index in [1.165, 1.54) is 19.3 Å². The minimum absolute atomic E-state index is 0. The summed E-state index contributed by atoms with van der Waals surface area (Å²) in [5.41, 5.74) is 0. The van der Waals surface area contributed by atoms with Gasteiger partial charge >= 0.3 is 0 Å². The molecule has 0 aromatic rings. The summed E-state index contributed by atoms with van der Waals surface area (Å²) in [6.07, 6.45) is 3.93. The number of hydrogen-bond donors (Lipinski definition) is 0. The van der Waals surface area contributed by atoms with Crippen molar-refractivity contribution in [1.82, 2.24) is 0 Å². The summed E-state index contributed by atoms with van der Waals surface area (Å²) < 4.78 is 5.07. The van der Waals surface area contributed by atoms with Crippen molar-refractivity contribution >= 4 is 29.6 Å². The van der Waals surface area contributed by atoms with E-state index in [4.69, 9.17) is 4.74 Å². The molecule has 7 heavy (non-hydrogen) atoms. The first-order chi connectivity index (χ1) is 3.00. The molecule has 0 unspecified atom stereocenters. The van der Waals surface area contributed by atoms with E-state index in [0.29, 0.717) is 0 Å². The molecule has 0 amide bonds. The van der Waals surface area contributed by atoms with Crippen LogP contribution >= 0.6 is 0 Å². The Morgan fingerprint density at radius 1 is 0.857 bits per heavy atom. The maximum Gasteiger partial charge on any atom is 0.0466 e. The zero-order valence-corrected chi connectivity index (χ0v) is 6.94. The van der Waals surface area contributed by atoms with Gasteiger partial charge in [-0.05, 0) is 19.3 Å². The topological polar surface area (TPSA) is 9.23 Å². The minimum atomic E-state index is 0. The van der Waals surface area contributed by atoms with Crippen LogP contribution in [0.4, 0.5) is 0 Å². The van der Waals surface area contributed by atoms with Gasteiger partial charge in [-0.25, -0.2) is 0 Å². The van der Waals surface area contributed by atoms with E-state index in [1.807, 2.05) is 0 Å². The third kappa shape index (κ3) is 3.53. The zero-order chi connectivity index (χ0) is 4.24. The van der Waals surface area contributed by atoms with E-state index >= 15 is 0 Å². The second kappa shape index (κ2) is 5.10. The van der Waals surface area contributed by atoms with Gasteiger partial charge in [0.1, 0.15) is 0 Å². The summed E-state index contributed by atoms with van der Waals surface area (Å²) in [6.45, 7) is 2.00.